The summed E-state index contributed by atoms with van der Waals surface area (Å²) in [4.78, 5) is 14.3. The van der Waals surface area contributed by atoms with Crippen LogP contribution in [-0.4, -0.2) is 16.4 Å². The van der Waals surface area contributed by atoms with Gasteiger partial charge >= 0.3 is 6.18 Å². The Morgan fingerprint density at radius 1 is 1.41 bits per heavy atom. The number of aromatic nitrogens is 1. The standard InChI is InChI=1S/C10H6ClF4NO/c11-9(17)4-1-2-7(10(13,14)15)16-8(4)5-3-6(5)12/h1-2,5-6H,3H2/t5?,6-/m0/s1. The minimum absolute atomic E-state index is 0.0749. The SMILES string of the molecule is O=C(Cl)c1ccc(C(F)(F)F)nc1C1C[C@@H]1F. The van der Waals surface area contributed by atoms with Crippen molar-refractivity contribution in [1.82, 2.24) is 4.98 Å². The Hall–Kier alpha value is -1.17. The van der Waals surface area contributed by atoms with Gasteiger partial charge in [-0.05, 0) is 30.2 Å². The summed E-state index contributed by atoms with van der Waals surface area (Å²) >= 11 is 5.21. The maximum Gasteiger partial charge on any atom is 0.433 e. The van der Waals surface area contributed by atoms with Crippen molar-refractivity contribution in [2.45, 2.75) is 24.7 Å². The second-order valence-corrected chi connectivity index (χ2v) is 4.10. The highest BCUT2D eigenvalue weighted by Gasteiger charge is 2.43. The maximum absolute atomic E-state index is 12.9. The highest BCUT2D eigenvalue weighted by Crippen LogP contribution is 2.45. The van der Waals surface area contributed by atoms with Crippen LogP contribution in [0.5, 0.6) is 0 Å². The van der Waals surface area contributed by atoms with Crippen molar-refractivity contribution in [1.29, 1.82) is 0 Å². The van der Waals surface area contributed by atoms with Gasteiger partial charge in [0.05, 0.1) is 11.3 Å². The van der Waals surface area contributed by atoms with Gasteiger partial charge in [0.25, 0.3) is 5.24 Å². The number of carbonyl (C=O) groups excluding carboxylic acids is 1. The molecule has 0 bridgehead atoms. The third-order valence-electron chi connectivity index (χ3n) is 2.49. The molecular weight excluding hydrogens is 262 g/mol. The maximum atomic E-state index is 12.9. The first-order valence-electron chi connectivity index (χ1n) is 4.72. The molecule has 0 spiro atoms. The fourth-order valence-corrected chi connectivity index (χ4v) is 1.69. The van der Waals surface area contributed by atoms with Crippen LogP contribution in [0, 0.1) is 0 Å². The summed E-state index contributed by atoms with van der Waals surface area (Å²) in [6.45, 7) is 0. The Morgan fingerprint density at radius 3 is 2.41 bits per heavy atom. The molecule has 1 aromatic heterocycles. The molecule has 0 aromatic carbocycles. The van der Waals surface area contributed by atoms with Crippen molar-refractivity contribution >= 4 is 16.8 Å². The Kier molecular flexibility index (Phi) is 2.85. The van der Waals surface area contributed by atoms with Crippen molar-refractivity contribution in [3.05, 3.63) is 29.1 Å². The third kappa shape index (κ3) is 2.41. The lowest BCUT2D eigenvalue weighted by atomic mass is 10.1. The van der Waals surface area contributed by atoms with E-state index in [0.29, 0.717) is 6.07 Å². The van der Waals surface area contributed by atoms with E-state index in [1.165, 1.54) is 0 Å². The van der Waals surface area contributed by atoms with Crippen molar-refractivity contribution in [3.8, 4) is 0 Å². The lowest BCUT2D eigenvalue weighted by Gasteiger charge is -2.09. The van der Waals surface area contributed by atoms with Crippen LogP contribution in [0.15, 0.2) is 12.1 Å². The zero-order valence-electron chi connectivity index (χ0n) is 8.26. The number of pyridine rings is 1. The quantitative estimate of drug-likeness (QED) is 0.608. The van der Waals surface area contributed by atoms with Crippen LogP contribution in [0.25, 0.3) is 0 Å². The number of hydrogen-bond donors (Lipinski definition) is 0. The largest absolute Gasteiger partial charge is 0.433 e. The molecule has 2 rings (SSSR count). The van der Waals surface area contributed by atoms with E-state index in [1.54, 1.807) is 0 Å². The van der Waals surface area contributed by atoms with Crippen molar-refractivity contribution < 1.29 is 22.4 Å². The Labute approximate surface area is 98.6 Å². The molecule has 2 atom stereocenters. The summed E-state index contributed by atoms with van der Waals surface area (Å²) in [6.07, 6.45) is -5.80. The fraction of sp³-hybridized carbons (Fsp3) is 0.400. The summed E-state index contributed by atoms with van der Waals surface area (Å²) in [5.41, 5.74) is -1.51. The summed E-state index contributed by atoms with van der Waals surface area (Å²) in [5, 5.41) is -0.930. The monoisotopic (exact) mass is 267 g/mol. The second kappa shape index (κ2) is 3.94. The molecule has 1 unspecified atom stereocenters. The molecule has 1 aliphatic carbocycles. The van der Waals surface area contributed by atoms with Crippen LogP contribution in [0.4, 0.5) is 17.6 Å². The summed E-state index contributed by atoms with van der Waals surface area (Å²) < 4.78 is 50.1. The van der Waals surface area contributed by atoms with E-state index in [1.807, 2.05) is 0 Å². The molecule has 1 saturated carbocycles. The van der Waals surface area contributed by atoms with Crippen molar-refractivity contribution in [2.24, 2.45) is 0 Å². The number of nitrogens with zero attached hydrogens (tertiary/aromatic N) is 1. The van der Waals surface area contributed by atoms with Gasteiger partial charge in [-0.3, -0.25) is 4.79 Å². The van der Waals surface area contributed by atoms with Gasteiger partial charge in [-0.25, -0.2) is 9.37 Å². The van der Waals surface area contributed by atoms with Gasteiger partial charge in [0.15, 0.2) is 0 Å². The lowest BCUT2D eigenvalue weighted by Crippen LogP contribution is -2.12. The molecule has 0 saturated heterocycles. The first kappa shape index (κ1) is 12.3. The van der Waals surface area contributed by atoms with Gasteiger partial charge in [0, 0.05) is 5.92 Å². The third-order valence-corrected chi connectivity index (χ3v) is 2.69. The lowest BCUT2D eigenvalue weighted by molar-refractivity contribution is -0.141. The molecule has 2 nitrogen and oxygen atoms in total. The summed E-state index contributed by atoms with van der Waals surface area (Å²) in [6, 6.07) is 1.60. The molecule has 1 heterocycles. The van der Waals surface area contributed by atoms with Crippen LogP contribution in [-0.2, 0) is 6.18 Å². The van der Waals surface area contributed by atoms with E-state index >= 15 is 0 Å². The molecule has 92 valence electrons. The number of halogens is 5. The number of alkyl halides is 4. The molecule has 0 amide bonds. The molecule has 0 N–H and O–H groups in total. The molecule has 0 aliphatic heterocycles. The van der Waals surface area contributed by atoms with Gasteiger partial charge in [0.1, 0.15) is 11.9 Å². The average molecular weight is 268 g/mol. The van der Waals surface area contributed by atoms with E-state index in [0.717, 1.165) is 6.07 Å². The minimum Gasteiger partial charge on any atom is -0.276 e. The molecule has 7 heteroatoms. The van der Waals surface area contributed by atoms with Crippen molar-refractivity contribution in [3.63, 3.8) is 0 Å². The smallest absolute Gasteiger partial charge is 0.276 e. The van der Waals surface area contributed by atoms with E-state index < -0.39 is 29.2 Å². The van der Waals surface area contributed by atoms with E-state index in [2.05, 4.69) is 4.98 Å². The topological polar surface area (TPSA) is 30.0 Å². The van der Waals surface area contributed by atoms with Crippen LogP contribution in [0.2, 0.25) is 0 Å². The number of rotatable bonds is 2. The molecule has 0 radical (unpaired) electrons. The second-order valence-electron chi connectivity index (χ2n) is 3.76. The number of hydrogen-bond acceptors (Lipinski definition) is 2. The predicted octanol–water partition coefficient (Wildman–Crippen LogP) is 3.30. The molecular formula is C10H6ClF4NO. The molecule has 1 aliphatic rings. The van der Waals surface area contributed by atoms with Crippen LogP contribution < -0.4 is 0 Å². The average Bonchev–Trinajstić information content (AvgIpc) is 2.93. The first-order valence-corrected chi connectivity index (χ1v) is 5.10. The highest BCUT2D eigenvalue weighted by atomic mass is 35.5. The minimum atomic E-state index is -4.62. The zero-order valence-corrected chi connectivity index (χ0v) is 9.02. The van der Waals surface area contributed by atoms with Gasteiger partial charge < -0.3 is 0 Å². The van der Waals surface area contributed by atoms with Gasteiger partial charge in [-0.15, -0.1) is 0 Å². The summed E-state index contributed by atoms with van der Waals surface area (Å²) in [5.74, 6) is -0.755. The molecule has 1 aromatic rings. The van der Waals surface area contributed by atoms with Crippen LogP contribution in [0.1, 0.15) is 34.1 Å². The summed E-state index contributed by atoms with van der Waals surface area (Å²) in [7, 11) is 0. The Bertz CT molecular complexity index is 474. The van der Waals surface area contributed by atoms with Gasteiger partial charge in [-0.1, -0.05) is 0 Å². The molecule has 17 heavy (non-hydrogen) atoms. The first-order chi connectivity index (χ1) is 7.80. The van der Waals surface area contributed by atoms with Crippen LogP contribution in [0.3, 0.4) is 0 Å². The van der Waals surface area contributed by atoms with E-state index in [9.17, 15) is 22.4 Å². The zero-order chi connectivity index (χ0) is 12.8. The van der Waals surface area contributed by atoms with E-state index in [-0.39, 0.29) is 17.7 Å². The highest BCUT2D eigenvalue weighted by molar-refractivity contribution is 6.67. The van der Waals surface area contributed by atoms with E-state index in [4.69, 9.17) is 11.6 Å². The van der Waals surface area contributed by atoms with Crippen LogP contribution >= 0.6 is 11.6 Å². The van der Waals surface area contributed by atoms with Gasteiger partial charge in [0.2, 0.25) is 0 Å². The fourth-order valence-electron chi connectivity index (χ4n) is 1.53. The predicted molar refractivity (Wildman–Crippen MR) is 51.7 cm³/mol. The molecule has 1 fully saturated rings. The normalized spacial score (nSPS) is 23.6. The number of carbonyl (C=O) groups is 1. The Balaban J connectivity index is 2.47. The van der Waals surface area contributed by atoms with Crippen molar-refractivity contribution in [2.75, 3.05) is 0 Å². The Morgan fingerprint density at radius 2 is 2.00 bits per heavy atom. The van der Waals surface area contributed by atoms with Gasteiger partial charge in [-0.2, -0.15) is 13.2 Å².